The van der Waals surface area contributed by atoms with Gasteiger partial charge in [-0.1, -0.05) is 23.4 Å². The minimum atomic E-state index is -5.36. The number of esters is 1. The number of ether oxygens (including phenoxy) is 2. The van der Waals surface area contributed by atoms with Crippen LogP contribution in [0.1, 0.15) is 21.6 Å². The molecule has 2 heterocycles. The first-order valence-corrected chi connectivity index (χ1v) is 15.9. The molecule has 1 aliphatic heterocycles. The number of amides is 1. The summed E-state index contributed by atoms with van der Waals surface area (Å²) in [5.41, 5.74) is 3.55. The van der Waals surface area contributed by atoms with Crippen molar-refractivity contribution in [2.24, 2.45) is 10.3 Å². The van der Waals surface area contributed by atoms with Gasteiger partial charge in [0.05, 0.1) is 17.8 Å². The highest BCUT2D eigenvalue weighted by Gasteiger charge is 2.50. The van der Waals surface area contributed by atoms with Gasteiger partial charge in [-0.15, -0.1) is 5.11 Å². The number of carbonyl (C=O) groups is 2. The summed E-state index contributed by atoms with van der Waals surface area (Å²) >= 11 is 0. The lowest BCUT2D eigenvalue weighted by Crippen LogP contribution is -2.27. The molecule has 16 nitrogen and oxygen atoms in total. The monoisotopic (exact) mass is 664 g/mol. The van der Waals surface area contributed by atoms with E-state index in [1.54, 1.807) is 6.07 Å². The normalized spacial score (nSPS) is 17.1. The molecule has 238 valence electrons. The zero-order chi connectivity index (χ0) is 32.9. The minimum absolute atomic E-state index is 0.00989. The number of cyclic esters (lactones) is 1. The topological polar surface area (TPSA) is 244 Å². The molecule has 2 aromatic carbocycles. The quantitative estimate of drug-likeness (QED) is 0.0433. The van der Waals surface area contributed by atoms with Crippen molar-refractivity contribution in [2.45, 2.75) is 17.6 Å². The second kappa shape index (κ2) is 13.7. The van der Waals surface area contributed by atoms with E-state index in [-0.39, 0.29) is 47.1 Å². The van der Waals surface area contributed by atoms with Crippen molar-refractivity contribution in [1.82, 2.24) is 10.4 Å². The molecule has 1 aliphatic rings. The van der Waals surface area contributed by atoms with Crippen molar-refractivity contribution in [3.63, 3.8) is 0 Å². The number of carbonyl (C=O) groups excluding carboxylic acids is 2. The van der Waals surface area contributed by atoms with Gasteiger partial charge < -0.3 is 29.3 Å². The molecule has 1 saturated heterocycles. The Kier molecular flexibility index (Phi) is 10.2. The summed E-state index contributed by atoms with van der Waals surface area (Å²) in [4.78, 5) is 58.1. The molecule has 0 spiro atoms. The maximum absolute atomic E-state index is 15.1. The molecular formula is C26H27FN6O10P2. The van der Waals surface area contributed by atoms with Gasteiger partial charge in [-0.2, -0.15) is 0 Å². The number of pyridine rings is 1. The Labute approximate surface area is 255 Å². The molecule has 19 heteroatoms. The average Bonchev–Trinajstić information content (AvgIpc) is 3.38. The van der Waals surface area contributed by atoms with Crippen LogP contribution in [-0.4, -0.2) is 74.1 Å². The fourth-order valence-electron chi connectivity index (χ4n) is 4.17. The maximum atomic E-state index is 15.1. The predicted molar refractivity (Wildman–Crippen MR) is 157 cm³/mol. The van der Waals surface area contributed by atoms with E-state index in [0.29, 0.717) is 5.56 Å². The molecule has 1 fully saturated rings. The third-order valence-corrected chi connectivity index (χ3v) is 10.0. The lowest BCUT2D eigenvalue weighted by atomic mass is 10.1. The van der Waals surface area contributed by atoms with E-state index in [4.69, 9.17) is 14.9 Å². The predicted octanol–water partition coefficient (Wildman–Crippen LogP) is 2.82. The number of benzene rings is 2. The van der Waals surface area contributed by atoms with Crippen LogP contribution in [0.4, 0.5) is 14.9 Å². The van der Waals surface area contributed by atoms with Gasteiger partial charge in [-0.25, -0.2) is 14.0 Å². The fourth-order valence-corrected chi connectivity index (χ4v) is 5.91. The first kappa shape index (κ1) is 33.5. The molecule has 1 aromatic heterocycles. The summed E-state index contributed by atoms with van der Waals surface area (Å²) in [6.45, 7) is -0.389. The van der Waals surface area contributed by atoms with Crippen LogP contribution in [0, 0.1) is 11.2 Å². The summed E-state index contributed by atoms with van der Waals surface area (Å²) in [7, 11) is -7.89. The van der Waals surface area contributed by atoms with Crippen molar-refractivity contribution in [1.29, 1.82) is 5.41 Å². The molecule has 45 heavy (non-hydrogen) atoms. The third kappa shape index (κ3) is 7.65. The van der Waals surface area contributed by atoms with Crippen LogP contribution < -0.4 is 10.3 Å². The Morgan fingerprint density at radius 3 is 2.56 bits per heavy atom. The molecule has 3 atom stereocenters. The zero-order valence-corrected chi connectivity index (χ0v) is 25.2. The number of aliphatic hydroxyl groups is 1. The molecule has 1 amide bonds. The summed E-state index contributed by atoms with van der Waals surface area (Å²) in [5.74, 6) is -1.66. The first-order valence-electron chi connectivity index (χ1n) is 12.9. The Hall–Kier alpha value is -4.37. The number of anilines is 1. The van der Waals surface area contributed by atoms with E-state index in [0.717, 1.165) is 6.07 Å². The molecule has 3 aromatic rings. The Balaban J connectivity index is 1.35. The van der Waals surface area contributed by atoms with Crippen molar-refractivity contribution >= 4 is 39.2 Å². The SMILES string of the molecule is CN/N=N\C(=N)c1ccc(-c2ccc(N3C[C@H](COC(=O)c4ccc(CC(O)([PH](=O)O)P(=O)(O)O)cc4)OC3=O)cc2F)cn1. The molecule has 4 rings (SSSR count). The Bertz CT molecular complexity index is 1700. The van der Waals surface area contributed by atoms with Gasteiger partial charge in [0.1, 0.15) is 18.1 Å². The number of halogens is 1. The second-order valence-corrected chi connectivity index (χ2v) is 13.3. The molecular weight excluding hydrogens is 637 g/mol. The maximum Gasteiger partial charge on any atom is 0.414 e. The number of hydrogen-bond donors (Lipinski definition) is 6. The van der Waals surface area contributed by atoms with Gasteiger partial charge in [0.2, 0.25) is 13.1 Å². The van der Waals surface area contributed by atoms with Crippen molar-refractivity contribution < 1.29 is 52.4 Å². The van der Waals surface area contributed by atoms with Gasteiger partial charge in [-0.05, 0) is 42.0 Å². The van der Waals surface area contributed by atoms with Crippen LogP contribution in [0.2, 0.25) is 0 Å². The van der Waals surface area contributed by atoms with Crippen LogP contribution in [0.15, 0.2) is 71.1 Å². The Morgan fingerprint density at radius 2 is 1.98 bits per heavy atom. The van der Waals surface area contributed by atoms with Gasteiger partial charge in [0, 0.05) is 30.8 Å². The molecule has 0 bridgehead atoms. The lowest BCUT2D eigenvalue weighted by molar-refractivity contribution is 0.0300. The van der Waals surface area contributed by atoms with E-state index in [2.05, 4.69) is 20.7 Å². The van der Waals surface area contributed by atoms with Crippen LogP contribution in [0.25, 0.3) is 11.1 Å². The lowest BCUT2D eigenvalue weighted by Gasteiger charge is -2.25. The van der Waals surface area contributed by atoms with Crippen LogP contribution in [0.3, 0.4) is 0 Å². The van der Waals surface area contributed by atoms with Crippen LogP contribution in [0.5, 0.6) is 0 Å². The van der Waals surface area contributed by atoms with Crippen molar-refractivity contribution in [3.8, 4) is 11.1 Å². The number of nitrogens with zero attached hydrogens (tertiary/aromatic N) is 4. The molecule has 0 saturated carbocycles. The fraction of sp³-hybridized carbons (Fsp3) is 0.231. The van der Waals surface area contributed by atoms with Gasteiger partial charge >= 0.3 is 19.7 Å². The van der Waals surface area contributed by atoms with Gasteiger partial charge in [-0.3, -0.25) is 29.8 Å². The summed E-state index contributed by atoms with van der Waals surface area (Å²) in [6, 6.07) is 12.1. The van der Waals surface area contributed by atoms with Gasteiger partial charge in [0.25, 0.3) is 0 Å². The minimum Gasteiger partial charge on any atom is -0.458 e. The summed E-state index contributed by atoms with van der Waals surface area (Å²) in [5, 5.41) is 21.8. The first-order chi connectivity index (χ1) is 21.2. The van der Waals surface area contributed by atoms with Crippen LogP contribution >= 0.6 is 15.6 Å². The average molecular weight is 664 g/mol. The number of hydrogen-bond acceptors (Lipinski definition) is 10. The van der Waals surface area contributed by atoms with E-state index in [9.17, 15) is 38.5 Å². The number of amidine groups is 1. The number of aromatic nitrogens is 1. The van der Waals surface area contributed by atoms with E-state index < -0.39 is 51.1 Å². The highest BCUT2D eigenvalue weighted by molar-refractivity contribution is 7.66. The summed E-state index contributed by atoms with van der Waals surface area (Å²) < 4.78 is 48.5. The van der Waals surface area contributed by atoms with Crippen molar-refractivity contribution in [2.75, 3.05) is 25.1 Å². The third-order valence-electron chi connectivity index (χ3n) is 6.57. The number of nitrogens with one attached hydrogen (secondary N) is 2. The highest BCUT2D eigenvalue weighted by Crippen LogP contribution is 2.61. The smallest absolute Gasteiger partial charge is 0.414 e. The summed E-state index contributed by atoms with van der Waals surface area (Å²) in [6.07, 6.45) is -1.13. The van der Waals surface area contributed by atoms with Gasteiger partial charge in [0.15, 0.2) is 11.9 Å². The Morgan fingerprint density at radius 1 is 1.27 bits per heavy atom. The van der Waals surface area contributed by atoms with E-state index in [1.165, 1.54) is 60.6 Å². The molecule has 0 radical (unpaired) electrons. The standard InChI is InChI=1S/C26H27FN6O10P2/c1-29-32-31-23(28)22-9-6-17(12-30-22)20-8-7-18(10-21(20)27)33-13-19(43-25(33)35)14-42-24(34)16-4-2-15(3-5-16)11-26(36,44(37)38)45(39,40)41/h2-10,12,19,36,44H,11,13-14H2,1H3,(H,37,38)(H2,28,29,31)(H2,39,40,41)/t19-,26?/m1/s1. The van der Waals surface area contributed by atoms with E-state index >= 15 is 4.39 Å². The zero-order valence-electron chi connectivity index (χ0n) is 23.3. The largest absolute Gasteiger partial charge is 0.458 e. The molecule has 0 aliphatic carbocycles. The molecule has 2 unspecified atom stereocenters. The second-order valence-electron chi connectivity index (χ2n) is 9.62. The highest BCUT2D eigenvalue weighted by atomic mass is 31.2. The number of rotatable bonds is 11. The molecule has 6 N–H and O–H groups in total. The van der Waals surface area contributed by atoms with Crippen LogP contribution in [-0.2, 0) is 25.0 Å². The van der Waals surface area contributed by atoms with Crippen molar-refractivity contribution in [3.05, 3.63) is 83.4 Å². The van der Waals surface area contributed by atoms with E-state index in [1.807, 2.05) is 0 Å².